The molecule has 1 amide bonds. The second kappa shape index (κ2) is 8.63. The smallest absolute Gasteiger partial charge is 0.408 e. The van der Waals surface area contributed by atoms with Crippen molar-refractivity contribution < 1.29 is 9.21 Å². The van der Waals surface area contributed by atoms with Gasteiger partial charge in [-0.3, -0.25) is 9.36 Å². The highest BCUT2D eigenvalue weighted by Gasteiger charge is 2.17. The lowest BCUT2D eigenvalue weighted by atomic mass is 10.1. The Labute approximate surface area is 180 Å². The molecule has 0 N–H and O–H groups in total. The molecular formula is C24H26N4O3. The molecule has 4 aromatic rings. The first-order chi connectivity index (χ1) is 15.0. The lowest BCUT2D eigenvalue weighted by Gasteiger charge is -2.17. The Kier molecular flexibility index (Phi) is 5.75. The van der Waals surface area contributed by atoms with Crippen molar-refractivity contribution in [3.63, 3.8) is 0 Å². The van der Waals surface area contributed by atoms with Crippen molar-refractivity contribution in [1.29, 1.82) is 0 Å². The number of hydrogen-bond donors (Lipinski definition) is 0. The zero-order valence-corrected chi connectivity index (χ0v) is 18.0. The van der Waals surface area contributed by atoms with Crippen LogP contribution in [0.1, 0.15) is 29.8 Å². The van der Waals surface area contributed by atoms with E-state index in [-0.39, 0.29) is 11.7 Å². The van der Waals surface area contributed by atoms with Gasteiger partial charge in [0.1, 0.15) is 0 Å². The summed E-state index contributed by atoms with van der Waals surface area (Å²) in [6.45, 7) is 4.94. The number of carbonyl (C=O) groups excluding carboxylic acids is 1. The number of rotatable bonds is 7. The van der Waals surface area contributed by atoms with E-state index in [4.69, 9.17) is 4.42 Å². The molecule has 2 aromatic heterocycles. The summed E-state index contributed by atoms with van der Waals surface area (Å²) in [7, 11) is 1.81. The quantitative estimate of drug-likeness (QED) is 0.457. The number of benzene rings is 2. The average Bonchev–Trinajstić information content (AvgIpc) is 3.24. The zero-order chi connectivity index (χ0) is 22.0. The van der Waals surface area contributed by atoms with Crippen LogP contribution in [0.3, 0.4) is 0 Å². The molecule has 0 bridgehead atoms. The van der Waals surface area contributed by atoms with Crippen LogP contribution in [0, 0.1) is 13.8 Å². The molecule has 0 aliphatic rings. The maximum Gasteiger partial charge on any atom is 0.419 e. The first-order valence-electron chi connectivity index (χ1n) is 10.4. The van der Waals surface area contributed by atoms with Gasteiger partial charge < -0.3 is 9.32 Å². The minimum Gasteiger partial charge on any atom is -0.408 e. The monoisotopic (exact) mass is 418 g/mol. The molecule has 0 spiro atoms. The highest BCUT2D eigenvalue weighted by Crippen LogP contribution is 2.20. The van der Waals surface area contributed by atoms with Crippen LogP contribution in [0.15, 0.2) is 63.8 Å². The van der Waals surface area contributed by atoms with E-state index in [1.807, 2.05) is 67.1 Å². The predicted octanol–water partition coefficient (Wildman–Crippen LogP) is 3.84. The summed E-state index contributed by atoms with van der Waals surface area (Å²) in [6.07, 6.45) is 0.918. The van der Waals surface area contributed by atoms with Gasteiger partial charge in [-0.2, -0.15) is 5.10 Å². The number of fused-ring (bicyclic) bond motifs is 1. The maximum absolute atomic E-state index is 12.7. The van der Waals surface area contributed by atoms with Crippen LogP contribution in [-0.2, 0) is 17.9 Å². The van der Waals surface area contributed by atoms with Gasteiger partial charge in [-0.1, -0.05) is 30.3 Å². The molecule has 2 heterocycles. The number of oxazole rings is 1. The van der Waals surface area contributed by atoms with Crippen LogP contribution in [0.5, 0.6) is 0 Å². The second-order valence-electron chi connectivity index (χ2n) is 7.74. The third kappa shape index (κ3) is 4.17. The standard InChI is InChI=1S/C24H26N4O3/c1-17-20(18(2)28(25-17)19-10-5-4-6-11-19)16-26(3)23(29)14-9-15-27-21-12-7-8-13-22(21)31-24(27)30/h4-8,10-13H,9,14-16H2,1-3H3. The summed E-state index contributed by atoms with van der Waals surface area (Å²) in [5.74, 6) is -0.353. The Balaban J connectivity index is 1.40. The Morgan fingerprint density at radius 2 is 1.77 bits per heavy atom. The SMILES string of the molecule is Cc1nn(-c2ccccc2)c(C)c1CN(C)C(=O)CCCn1c(=O)oc2ccccc21. The zero-order valence-electron chi connectivity index (χ0n) is 18.0. The van der Waals surface area contributed by atoms with Gasteiger partial charge in [0.25, 0.3) is 0 Å². The summed E-state index contributed by atoms with van der Waals surface area (Å²) in [5.41, 5.74) is 5.32. The Hall–Kier alpha value is -3.61. The highest BCUT2D eigenvalue weighted by atomic mass is 16.4. The first-order valence-corrected chi connectivity index (χ1v) is 10.4. The summed E-state index contributed by atoms with van der Waals surface area (Å²) >= 11 is 0. The minimum absolute atomic E-state index is 0.0344. The largest absolute Gasteiger partial charge is 0.419 e. The molecule has 0 saturated carbocycles. The number of aromatic nitrogens is 3. The van der Waals surface area contributed by atoms with Gasteiger partial charge in [-0.15, -0.1) is 0 Å². The Bertz CT molecular complexity index is 1270. The molecule has 7 nitrogen and oxygen atoms in total. The van der Waals surface area contributed by atoms with Crippen LogP contribution >= 0.6 is 0 Å². The lowest BCUT2D eigenvalue weighted by molar-refractivity contribution is -0.130. The molecule has 0 unspecified atom stereocenters. The van der Waals surface area contributed by atoms with Crippen LogP contribution in [-0.4, -0.2) is 32.2 Å². The van der Waals surface area contributed by atoms with E-state index >= 15 is 0 Å². The normalized spacial score (nSPS) is 11.2. The van der Waals surface area contributed by atoms with Gasteiger partial charge in [0.05, 0.1) is 16.9 Å². The van der Waals surface area contributed by atoms with Crippen LogP contribution < -0.4 is 5.76 Å². The van der Waals surface area contributed by atoms with E-state index in [0.29, 0.717) is 31.5 Å². The maximum atomic E-state index is 12.7. The molecule has 7 heteroatoms. The summed E-state index contributed by atoms with van der Waals surface area (Å²) in [4.78, 5) is 26.5. The molecule has 0 saturated heterocycles. The first kappa shape index (κ1) is 20.7. The number of carbonyl (C=O) groups is 1. The lowest BCUT2D eigenvalue weighted by Crippen LogP contribution is -2.27. The highest BCUT2D eigenvalue weighted by molar-refractivity contribution is 5.76. The van der Waals surface area contributed by atoms with Crippen molar-refractivity contribution in [3.05, 3.63) is 82.1 Å². The van der Waals surface area contributed by atoms with Crippen LogP contribution in [0.4, 0.5) is 0 Å². The minimum atomic E-state index is -0.387. The molecule has 0 radical (unpaired) electrons. The van der Waals surface area contributed by atoms with E-state index < -0.39 is 0 Å². The van der Waals surface area contributed by atoms with Gasteiger partial charge in [-0.25, -0.2) is 9.48 Å². The number of hydrogen-bond acceptors (Lipinski definition) is 4. The van der Waals surface area contributed by atoms with Gasteiger partial charge in [-0.05, 0) is 44.5 Å². The molecule has 0 atom stereocenters. The van der Waals surface area contributed by atoms with Gasteiger partial charge in [0.2, 0.25) is 5.91 Å². The molecular weight excluding hydrogens is 392 g/mol. The fraction of sp³-hybridized carbons (Fsp3) is 0.292. The number of aryl methyl sites for hydroxylation is 2. The van der Waals surface area contributed by atoms with E-state index in [1.165, 1.54) is 0 Å². The molecule has 0 fully saturated rings. The van der Waals surface area contributed by atoms with E-state index in [9.17, 15) is 9.59 Å². The molecule has 4 rings (SSSR count). The third-order valence-electron chi connectivity index (χ3n) is 5.61. The van der Waals surface area contributed by atoms with Gasteiger partial charge >= 0.3 is 5.76 Å². The van der Waals surface area contributed by atoms with Gasteiger partial charge in [0, 0.05) is 37.8 Å². The summed E-state index contributed by atoms with van der Waals surface area (Å²) in [6, 6.07) is 17.3. The van der Waals surface area contributed by atoms with Crippen molar-refractivity contribution in [2.75, 3.05) is 7.05 Å². The topological polar surface area (TPSA) is 73.3 Å². The van der Waals surface area contributed by atoms with Crippen molar-refractivity contribution in [3.8, 4) is 5.69 Å². The number of para-hydroxylation sites is 3. The van der Waals surface area contributed by atoms with Gasteiger partial charge in [0.15, 0.2) is 5.58 Å². The van der Waals surface area contributed by atoms with Crippen molar-refractivity contribution in [2.24, 2.45) is 0 Å². The predicted molar refractivity (Wildman–Crippen MR) is 119 cm³/mol. The second-order valence-corrected chi connectivity index (χ2v) is 7.74. The van der Waals surface area contributed by atoms with E-state index in [2.05, 4.69) is 5.10 Å². The summed E-state index contributed by atoms with van der Waals surface area (Å²) < 4.78 is 8.75. The van der Waals surface area contributed by atoms with Crippen LogP contribution in [0.25, 0.3) is 16.8 Å². The molecule has 2 aromatic carbocycles. The average molecular weight is 418 g/mol. The molecule has 0 aliphatic heterocycles. The third-order valence-corrected chi connectivity index (χ3v) is 5.61. The Morgan fingerprint density at radius 1 is 1.06 bits per heavy atom. The fourth-order valence-corrected chi connectivity index (χ4v) is 3.85. The van der Waals surface area contributed by atoms with Crippen molar-refractivity contribution in [1.82, 2.24) is 19.2 Å². The molecule has 31 heavy (non-hydrogen) atoms. The molecule has 0 aliphatic carbocycles. The fourth-order valence-electron chi connectivity index (χ4n) is 3.85. The number of amides is 1. The van der Waals surface area contributed by atoms with Crippen molar-refractivity contribution >= 4 is 17.0 Å². The molecule has 160 valence electrons. The number of nitrogens with zero attached hydrogens (tertiary/aromatic N) is 4. The summed E-state index contributed by atoms with van der Waals surface area (Å²) in [5, 5.41) is 4.66. The van der Waals surface area contributed by atoms with Crippen molar-refractivity contribution in [2.45, 2.75) is 39.8 Å². The van der Waals surface area contributed by atoms with E-state index in [0.717, 1.165) is 28.2 Å². The Morgan fingerprint density at radius 3 is 2.55 bits per heavy atom. The van der Waals surface area contributed by atoms with E-state index in [1.54, 1.807) is 22.6 Å². The van der Waals surface area contributed by atoms with Crippen LogP contribution in [0.2, 0.25) is 0 Å².